The molecule has 1 atom stereocenters. The normalized spacial score (nSPS) is 12.6. The van der Waals surface area contributed by atoms with E-state index < -0.39 is 15.8 Å². The zero-order chi connectivity index (χ0) is 22.6. The van der Waals surface area contributed by atoms with Crippen LogP contribution in [0.3, 0.4) is 0 Å². The molecule has 1 aromatic carbocycles. The summed E-state index contributed by atoms with van der Waals surface area (Å²) in [6, 6.07) is 8.21. The van der Waals surface area contributed by atoms with Crippen LogP contribution in [0.25, 0.3) is 0 Å². The van der Waals surface area contributed by atoms with Crippen LogP contribution in [-0.2, 0) is 16.5 Å². The van der Waals surface area contributed by atoms with E-state index in [2.05, 4.69) is 14.8 Å². The van der Waals surface area contributed by atoms with Crippen LogP contribution in [-0.4, -0.2) is 46.2 Å². The van der Waals surface area contributed by atoms with Gasteiger partial charge in [0.1, 0.15) is 17.2 Å². The molecular weight excluding hydrogens is 422 g/mol. The van der Waals surface area contributed by atoms with Gasteiger partial charge in [-0.05, 0) is 36.8 Å². The number of aromatic nitrogens is 3. The molecule has 31 heavy (non-hydrogen) atoms. The molecule has 0 unspecified atom stereocenters. The molecule has 0 aliphatic rings. The van der Waals surface area contributed by atoms with Gasteiger partial charge < -0.3 is 14.2 Å². The molecule has 0 saturated heterocycles. The van der Waals surface area contributed by atoms with Crippen LogP contribution in [0, 0.1) is 11.7 Å². The van der Waals surface area contributed by atoms with Crippen molar-refractivity contribution in [3.63, 3.8) is 0 Å². The predicted molar refractivity (Wildman–Crippen MR) is 113 cm³/mol. The lowest BCUT2D eigenvalue weighted by atomic mass is 10.2. The van der Waals surface area contributed by atoms with Crippen LogP contribution >= 0.6 is 0 Å². The van der Waals surface area contributed by atoms with Gasteiger partial charge in [-0.1, -0.05) is 6.07 Å². The Morgan fingerprint density at radius 2 is 1.94 bits per heavy atom. The number of carbonyl (C=O) groups is 1. The molecule has 164 valence electrons. The van der Waals surface area contributed by atoms with Crippen LogP contribution in [0.4, 0.5) is 0 Å². The van der Waals surface area contributed by atoms with Gasteiger partial charge in [-0.3, -0.25) is 14.2 Å². The fourth-order valence-corrected chi connectivity index (χ4v) is 4.43. The lowest BCUT2D eigenvalue weighted by Gasteiger charge is -2.18. The van der Waals surface area contributed by atoms with Gasteiger partial charge in [-0.25, -0.2) is 14.0 Å². The van der Waals surface area contributed by atoms with E-state index in [9.17, 15) is 9.00 Å². The largest absolute Gasteiger partial charge is 0.495 e. The highest BCUT2D eigenvalue weighted by atomic mass is 32.2. The predicted octanol–water partition coefficient (Wildman–Crippen LogP) is 2.41. The third-order valence-corrected chi connectivity index (χ3v) is 5.91. The third-order valence-electron chi connectivity index (χ3n) is 4.48. The molecule has 3 aromatic rings. The quantitative estimate of drug-likeness (QED) is 0.545. The fraction of sp³-hybridized carbons (Fsp3) is 0.250. The van der Waals surface area contributed by atoms with Crippen LogP contribution in [0.2, 0.25) is 0 Å². The van der Waals surface area contributed by atoms with Crippen LogP contribution in [0.15, 0.2) is 47.6 Å². The minimum atomic E-state index is -3.83. The standard InChI is InChI=1S/C20H23N5O5S/c1-13-6-9-16(28-2)18(17(13)29-3)31(21,27)24-19(26)15-8-7-14(20(23-15)30-4)12-25-11-5-10-22-25/h5-11H,12H2,1-4H3,(H2,21,24,26,27)/t31-/m0/s1. The first-order valence-electron chi connectivity index (χ1n) is 9.14. The molecule has 0 radical (unpaired) electrons. The van der Waals surface area contributed by atoms with Crippen LogP contribution in [0.1, 0.15) is 21.6 Å². The Morgan fingerprint density at radius 3 is 2.55 bits per heavy atom. The first-order chi connectivity index (χ1) is 14.8. The zero-order valence-corrected chi connectivity index (χ0v) is 18.4. The van der Waals surface area contributed by atoms with E-state index in [1.165, 1.54) is 27.4 Å². The smallest absolute Gasteiger partial charge is 0.282 e. The second kappa shape index (κ2) is 9.04. The monoisotopic (exact) mass is 445 g/mol. The molecule has 0 spiro atoms. The Morgan fingerprint density at radius 1 is 1.16 bits per heavy atom. The van der Waals surface area contributed by atoms with Gasteiger partial charge in [0.15, 0.2) is 14.8 Å². The first kappa shape index (κ1) is 22.1. The third kappa shape index (κ3) is 4.61. The van der Waals surface area contributed by atoms with E-state index in [1.54, 1.807) is 48.3 Å². The highest BCUT2D eigenvalue weighted by molar-refractivity contribution is 7.91. The van der Waals surface area contributed by atoms with Gasteiger partial charge in [0.05, 0.1) is 27.9 Å². The molecule has 0 saturated carbocycles. The molecule has 11 heteroatoms. The van der Waals surface area contributed by atoms with Gasteiger partial charge in [0, 0.05) is 18.0 Å². The Labute approximate surface area is 180 Å². The number of rotatable bonds is 8. The summed E-state index contributed by atoms with van der Waals surface area (Å²) in [7, 11) is 0.387. The molecule has 2 aromatic heterocycles. The molecule has 2 heterocycles. The van der Waals surface area contributed by atoms with Crippen LogP contribution < -0.4 is 18.9 Å². The number of carbonyl (C=O) groups excluding carboxylic acids is 1. The van der Waals surface area contributed by atoms with Crippen LogP contribution in [0.5, 0.6) is 17.4 Å². The number of ether oxygens (including phenoxy) is 3. The van der Waals surface area contributed by atoms with Gasteiger partial charge in [-0.2, -0.15) is 5.10 Å². The molecule has 2 N–H and O–H groups in total. The molecule has 0 aliphatic carbocycles. The maximum Gasteiger partial charge on any atom is 0.282 e. The summed E-state index contributed by atoms with van der Waals surface area (Å²) >= 11 is 0. The van der Waals surface area contributed by atoms with Gasteiger partial charge in [0.2, 0.25) is 5.88 Å². The number of benzene rings is 1. The molecule has 3 rings (SSSR count). The highest BCUT2D eigenvalue weighted by Crippen LogP contribution is 2.36. The Kier molecular flexibility index (Phi) is 6.44. The van der Waals surface area contributed by atoms with E-state index in [0.29, 0.717) is 17.7 Å². The number of hydrogen-bond acceptors (Lipinski definition) is 8. The van der Waals surface area contributed by atoms with E-state index >= 15 is 0 Å². The maximum atomic E-state index is 13.2. The summed E-state index contributed by atoms with van der Waals surface area (Å²) in [6.45, 7) is 2.14. The fourth-order valence-electron chi connectivity index (χ4n) is 3.02. The number of aryl methyl sites for hydroxylation is 1. The lowest BCUT2D eigenvalue weighted by Crippen LogP contribution is -2.31. The minimum absolute atomic E-state index is 0.0480. The second-order valence-electron chi connectivity index (χ2n) is 6.50. The molecular formula is C20H23N5O5S. The number of hydrogen-bond donors (Lipinski definition) is 2. The number of amides is 1. The lowest BCUT2D eigenvalue weighted by molar-refractivity contribution is 0.0976. The van der Waals surface area contributed by atoms with Crippen molar-refractivity contribution in [3.05, 3.63) is 59.5 Å². The van der Waals surface area contributed by atoms with Crippen molar-refractivity contribution >= 4 is 15.8 Å². The Bertz CT molecular complexity index is 1190. The van der Waals surface area contributed by atoms with Crippen molar-refractivity contribution in [1.82, 2.24) is 19.5 Å². The number of pyridine rings is 1. The molecule has 0 fully saturated rings. The van der Waals surface area contributed by atoms with Crippen molar-refractivity contribution in [2.24, 2.45) is 0 Å². The minimum Gasteiger partial charge on any atom is -0.495 e. The molecule has 0 bridgehead atoms. The average molecular weight is 446 g/mol. The highest BCUT2D eigenvalue weighted by Gasteiger charge is 2.26. The average Bonchev–Trinajstić information content (AvgIpc) is 3.26. The van der Waals surface area contributed by atoms with Crippen molar-refractivity contribution in [2.45, 2.75) is 18.4 Å². The SMILES string of the molecule is COc1ccc(C)c(OC)c1[S@@](=N)(=O)NC(=O)c1ccc(Cn2cccn2)c(OC)n1. The van der Waals surface area contributed by atoms with E-state index in [0.717, 1.165) is 0 Å². The van der Waals surface area contributed by atoms with Gasteiger partial charge in [0.25, 0.3) is 5.91 Å². The first-order valence-corrected chi connectivity index (χ1v) is 10.7. The Hall–Kier alpha value is -3.60. The second-order valence-corrected chi connectivity index (χ2v) is 8.23. The summed E-state index contributed by atoms with van der Waals surface area (Å²) in [4.78, 5) is 16.9. The number of nitrogens with one attached hydrogen (secondary N) is 2. The van der Waals surface area contributed by atoms with E-state index in [4.69, 9.17) is 19.0 Å². The molecule has 10 nitrogen and oxygen atoms in total. The van der Waals surface area contributed by atoms with Crippen molar-refractivity contribution < 1.29 is 23.2 Å². The zero-order valence-electron chi connectivity index (χ0n) is 17.5. The number of methoxy groups -OCH3 is 3. The summed E-state index contributed by atoms with van der Waals surface area (Å²) in [5.41, 5.74) is 1.30. The van der Waals surface area contributed by atoms with Crippen molar-refractivity contribution in [1.29, 1.82) is 4.78 Å². The van der Waals surface area contributed by atoms with E-state index in [1.807, 2.05) is 0 Å². The summed E-state index contributed by atoms with van der Waals surface area (Å²) in [5.74, 6) is -0.192. The van der Waals surface area contributed by atoms with Crippen molar-refractivity contribution in [2.75, 3.05) is 21.3 Å². The molecule has 1 amide bonds. The van der Waals surface area contributed by atoms with Crippen molar-refractivity contribution in [3.8, 4) is 17.4 Å². The van der Waals surface area contributed by atoms with E-state index in [-0.39, 0.29) is 28.0 Å². The summed E-state index contributed by atoms with van der Waals surface area (Å²) in [5, 5.41) is 4.13. The summed E-state index contributed by atoms with van der Waals surface area (Å²) < 4.78 is 41.4. The van der Waals surface area contributed by atoms with Gasteiger partial charge in [-0.15, -0.1) is 0 Å². The maximum absolute atomic E-state index is 13.2. The topological polar surface area (TPSA) is 128 Å². The van der Waals surface area contributed by atoms with Gasteiger partial charge >= 0.3 is 0 Å². The molecule has 0 aliphatic heterocycles. The number of nitrogens with zero attached hydrogens (tertiary/aromatic N) is 3. The summed E-state index contributed by atoms with van der Waals surface area (Å²) in [6.07, 6.45) is 3.44. The Balaban J connectivity index is 1.92.